The number of carboxylic acid groups (broad SMARTS) is 2. The average molecular weight is 469 g/mol. The number of aliphatic carboxylic acids is 1. The largest absolute Gasteiger partial charge is 0.481 e. The minimum absolute atomic E-state index is 0.0691. The van der Waals surface area contributed by atoms with Crippen molar-refractivity contribution in [3.8, 4) is 11.1 Å². The SMILES string of the molecule is CC(=O)O.CNCc1ccc2c(-c3ccccc3C(=O)O)c3ccc4cc(=O)ccc4c3oc2c1. The maximum atomic E-state index is 12.0. The van der Waals surface area contributed by atoms with Gasteiger partial charge < -0.3 is 19.9 Å². The quantitative estimate of drug-likeness (QED) is 0.242. The van der Waals surface area contributed by atoms with Gasteiger partial charge in [0.2, 0.25) is 0 Å². The Morgan fingerprint density at radius 1 is 0.886 bits per heavy atom. The van der Waals surface area contributed by atoms with Crippen molar-refractivity contribution >= 4 is 44.6 Å². The molecule has 5 rings (SSSR count). The van der Waals surface area contributed by atoms with Gasteiger partial charge in [0, 0.05) is 35.2 Å². The predicted octanol–water partition coefficient (Wildman–Crippen LogP) is 5.27. The lowest BCUT2D eigenvalue weighted by atomic mass is 9.92. The van der Waals surface area contributed by atoms with Crippen molar-refractivity contribution in [3.05, 3.63) is 94.1 Å². The second-order valence-electron chi connectivity index (χ2n) is 8.03. The van der Waals surface area contributed by atoms with E-state index < -0.39 is 11.9 Å². The van der Waals surface area contributed by atoms with Crippen LogP contribution in [0.2, 0.25) is 0 Å². The molecular weight excluding hydrogens is 446 g/mol. The van der Waals surface area contributed by atoms with Gasteiger partial charge in [-0.25, -0.2) is 4.79 Å². The first-order chi connectivity index (χ1) is 16.8. The molecule has 0 saturated heterocycles. The molecule has 35 heavy (non-hydrogen) atoms. The molecular formula is C28H23NO6. The average Bonchev–Trinajstić information content (AvgIpc) is 2.82. The molecule has 1 heterocycles. The Kier molecular flexibility index (Phi) is 6.62. The van der Waals surface area contributed by atoms with Crippen LogP contribution in [-0.4, -0.2) is 29.2 Å². The molecule has 0 unspecified atom stereocenters. The van der Waals surface area contributed by atoms with Crippen molar-refractivity contribution in [1.82, 2.24) is 5.32 Å². The normalized spacial score (nSPS) is 10.8. The van der Waals surface area contributed by atoms with Crippen LogP contribution < -0.4 is 10.7 Å². The third-order valence-corrected chi connectivity index (χ3v) is 5.55. The fourth-order valence-corrected chi connectivity index (χ4v) is 4.19. The number of hydrogen-bond acceptors (Lipinski definition) is 5. The summed E-state index contributed by atoms with van der Waals surface area (Å²) < 4.78 is 6.37. The molecule has 0 saturated carbocycles. The number of benzene rings is 4. The van der Waals surface area contributed by atoms with E-state index in [0.717, 1.165) is 39.6 Å². The molecule has 0 bridgehead atoms. The van der Waals surface area contributed by atoms with Crippen LogP contribution in [0, 0.1) is 0 Å². The number of aromatic carboxylic acids is 1. The second kappa shape index (κ2) is 9.79. The Morgan fingerprint density at radius 2 is 1.57 bits per heavy atom. The van der Waals surface area contributed by atoms with E-state index in [1.807, 2.05) is 49.5 Å². The summed E-state index contributed by atoms with van der Waals surface area (Å²) in [4.78, 5) is 32.8. The van der Waals surface area contributed by atoms with E-state index in [4.69, 9.17) is 14.3 Å². The van der Waals surface area contributed by atoms with Crippen LogP contribution in [0.4, 0.5) is 0 Å². The fourth-order valence-electron chi connectivity index (χ4n) is 4.19. The van der Waals surface area contributed by atoms with Crippen molar-refractivity contribution in [2.24, 2.45) is 0 Å². The Labute approximate surface area is 200 Å². The minimum Gasteiger partial charge on any atom is -0.481 e. The van der Waals surface area contributed by atoms with E-state index >= 15 is 0 Å². The van der Waals surface area contributed by atoms with Crippen LogP contribution in [0.3, 0.4) is 0 Å². The van der Waals surface area contributed by atoms with E-state index in [2.05, 4.69) is 5.32 Å². The zero-order chi connectivity index (χ0) is 25.1. The lowest BCUT2D eigenvalue weighted by Crippen LogP contribution is -2.05. The summed E-state index contributed by atoms with van der Waals surface area (Å²) in [5.74, 6) is -1.82. The highest BCUT2D eigenvalue weighted by atomic mass is 16.4. The molecule has 0 amide bonds. The van der Waals surface area contributed by atoms with Gasteiger partial charge >= 0.3 is 5.97 Å². The van der Waals surface area contributed by atoms with Gasteiger partial charge in [0.25, 0.3) is 5.97 Å². The number of rotatable bonds is 4. The minimum atomic E-state index is -0.985. The van der Waals surface area contributed by atoms with E-state index in [1.165, 1.54) is 6.07 Å². The lowest BCUT2D eigenvalue weighted by Gasteiger charge is -2.15. The van der Waals surface area contributed by atoms with Crippen LogP contribution >= 0.6 is 0 Å². The van der Waals surface area contributed by atoms with Crippen molar-refractivity contribution in [3.63, 3.8) is 0 Å². The van der Waals surface area contributed by atoms with Gasteiger partial charge in [0.1, 0.15) is 11.2 Å². The highest BCUT2D eigenvalue weighted by Gasteiger charge is 2.19. The third-order valence-electron chi connectivity index (χ3n) is 5.55. The van der Waals surface area contributed by atoms with Gasteiger partial charge in [0.05, 0.1) is 5.56 Å². The first kappa shape index (κ1) is 23.7. The van der Waals surface area contributed by atoms with E-state index in [0.29, 0.717) is 23.3 Å². The fraction of sp³-hybridized carbons (Fsp3) is 0.107. The molecule has 0 radical (unpaired) electrons. The van der Waals surface area contributed by atoms with Gasteiger partial charge in [-0.15, -0.1) is 0 Å². The number of hydrogen-bond donors (Lipinski definition) is 3. The van der Waals surface area contributed by atoms with Crippen LogP contribution in [0.1, 0.15) is 22.8 Å². The summed E-state index contributed by atoms with van der Waals surface area (Å²) in [6.45, 7) is 1.76. The van der Waals surface area contributed by atoms with Crippen LogP contribution in [0.25, 0.3) is 43.8 Å². The molecule has 0 spiro atoms. The molecule has 1 aromatic heterocycles. The topological polar surface area (TPSA) is 117 Å². The summed E-state index contributed by atoms with van der Waals surface area (Å²) in [6.07, 6.45) is 0. The van der Waals surface area contributed by atoms with Gasteiger partial charge in [-0.05, 0) is 60.0 Å². The van der Waals surface area contributed by atoms with Gasteiger partial charge in [-0.1, -0.05) is 36.4 Å². The van der Waals surface area contributed by atoms with Crippen LogP contribution in [0.15, 0.2) is 82.0 Å². The zero-order valence-corrected chi connectivity index (χ0v) is 19.2. The summed E-state index contributed by atoms with van der Waals surface area (Å²) >= 11 is 0. The van der Waals surface area contributed by atoms with Crippen LogP contribution in [-0.2, 0) is 11.3 Å². The summed E-state index contributed by atoms with van der Waals surface area (Å²) in [5, 5.41) is 23.6. The smallest absolute Gasteiger partial charge is 0.336 e. The molecule has 0 atom stereocenters. The molecule has 7 heteroatoms. The van der Waals surface area contributed by atoms with E-state index in [-0.39, 0.29) is 11.0 Å². The molecule has 7 nitrogen and oxygen atoms in total. The maximum Gasteiger partial charge on any atom is 0.336 e. The second-order valence-corrected chi connectivity index (χ2v) is 8.03. The Hall–Kier alpha value is -4.49. The molecule has 0 aliphatic heterocycles. The maximum absolute atomic E-state index is 12.0. The zero-order valence-electron chi connectivity index (χ0n) is 19.2. The van der Waals surface area contributed by atoms with Crippen molar-refractivity contribution < 1.29 is 24.2 Å². The summed E-state index contributed by atoms with van der Waals surface area (Å²) in [7, 11) is 1.88. The summed E-state index contributed by atoms with van der Waals surface area (Å²) in [6, 6.07) is 21.6. The Bertz CT molecular complexity index is 1650. The number of carboxylic acids is 2. The standard InChI is InChI=1S/C26H19NO4.C2H4O2/c1-27-14-15-6-9-21-23(12-15)31-25-18-11-8-17(28)13-16(18)7-10-22(25)24(21)19-4-2-3-5-20(19)26(29)30;1-2(3)4/h2-13,27H,14H2,1H3,(H,29,30);1H3,(H,3,4). The monoisotopic (exact) mass is 469 g/mol. The Balaban J connectivity index is 0.000000672. The summed E-state index contributed by atoms with van der Waals surface area (Å²) in [5.41, 5.74) is 3.93. The molecule has 0 aliphatic carbocycles. The van der Waals surface area contributed by atoms with Gasteiger partial charge in [0.15, 0.2) is 5.43 Å². The number of nitrogens with one attached hydrogen (secondary N) is 1. The molecule has 0 fully saturated rings. The van der Waals surface area contributed by atoms with Crippen LogP contribution in [0.5, 0.6) is 0 Å². The van der Waals surface area contributed by atoms with Crippen molar-refractivity contribution in [2.45, 2.75) is 13.5 Å². The van der Waals surface area contributed by atoms with Gasteiger partial charge in [-0.3, -0.25) is 9.59 Å². The van der Waals surface area contributed by atoms with Gasteiger partial charge in [-0.2, -0.15) is 0 Å². The lowest BCUT2D eigenvalue weighted by molar-refractivity contribution is -0.134. The first-order valence-corrected chi connectivity index (χ1v) is 10.9. The van der Waals surface area contributed by atoms with Crippen molar-refractivity contribution in [1.29, 1.82) is 0 Å². The van der Waals surface area contributed by atoms with E-state index in [1.54, 1.807) is 24.3 Å². The number of carbonyl (C=O) groups is 2. The molecule has 3 N–H and O–H groups in total. The third kappa shape index (κ3) is 4.76. The highest BCUT2D eigenvalue weighted by molar-refractivity contribution is 6.17. The Morgan fingerprint density at radius 3 is 2.29 bits per heavy atom. The van der Waals surface area contributed by atoms with Crippen molar-refractivity contribution in [2.75, 3.05) is 7.05 Å². The molecule has 0 aliphatic rings. The molecule has 176 valence electrons. The number of fused-ring (bicyclic) bond motifs is 4. The molecule has 4 aromatic carbocycles. The highest BCUT2D eigenvalue weighted by Crippen LogP contribution is 2.40. The van der Waals surface area contributed by atoms with E-state index in [9.17, 15) is 14.7 Å². The predicted molar refractivity (Wildman–Crippen MR) is 136 cm³/mol. The molecule has 5 aromatic rings. The first-order valence-electron chi connectivity index (χ1n) is 10.9.